The third-order valence-electron chi connectivity index (χ3n) is 3.34. The molecule has 17 heavy (non-hydrogen) atoms. The Morgan fingerprint density at radius 1 is 1.47 bits per heavy atom. The maximum Gasteiger partial charge on any atom is 0.0543 e. The monoisotopic (exact) mass is 233 g/mol. The molecule has 1 saturated heterocycles. The van der Waals surface area contributed by atoms with Crippen molar-refractivity contribution in [1.29, 1.82) is 0 Å². The van der Waals surface area contributed by atoms with Crippen molar-refractivity contribution >= 4 is 0 Å². The van der Waals surface area contributed by atoms with E-state index < -0.39 is 0 Å². The molecule has 0 aromatic carbocycles. The van der Waals surface area contributed by atoms with E-state index in [4.69, 9.17) is 0 Å². The van der Waals surface area contributed by atoms with Gasteiger partial charge in [-0.3, -0.25) is 9.88 Å². The first-order chi connectivity index (χ1) is 8.38. The van der Waals surface area contributed by atoms with Crippen LogP contribution < -0.4 is 5.32 Å². The fourth-order valence-corrected chi connectivity index (χ4v) is 2.43. The second-order valence-electron chi connectivity index (χ2n) is 4.92. The van der Waals surface area contributed by atoms with E-state index in [0.717, 1.165) is 19.0 Å². The van der Waals surface area contributed by atoms with E-state index in [1.54, 1.807) is 0 Å². The highest BCUT2D eigenvalue weighted by Gasteiger charge is 2.21. The van der Waals surface area contributed by atoms with Gasteiger partial charge in [-0.25, -0.2) is 0 Å². The summed E-state index contributed by atoms with van der Waals surface area (Å²) in [6.45, 7) is 7.98. The van der Waals surface area contributed by atoms with Gasteiger partial charge in [-0.15, -0.1) is 0 Å². The number of hydrogen-bond acceptors (Lipinski definition) is 3. The van der Waals surface area contributed by atoms with E-state index in [-0.39, 0.29) is 0 Å². The van der Waals surface area contributed by atoms with Crippen LogP contribution in [-0.2, 0) is 6.54 Å². The molecule has 3 nitrogen and oxygen atoms in total. The smallest absolute Gasteiger partial charge is 0.0543 e. The Bertz CT molecular complexity index is 313. The average Bonchev–Trinajstić information content (AvgIpc) is 2.79. The van der Waals surface area contributed by atoms with Crippen LogP contribution in [0, 0.1) is 5.92 Å². The van der Waals surface area contributed by atoms with Crippen molar-refractivity contribution in [2.75, 3.05) is 26.2 Å². The lowest BCUT2D eigenvalue weighted by Gasteiger charge is -2.15. The molecule has 1 atom stereocenters. The minimum atomic E-state index is 0.824. The molecule has 3 heteroatoms. The summed E-state index contributed by atoms with van der Waals surface area (Å²) < 4.78 is 0. The number of rotatable bonds is 6. The zero-order chi connectivity index (χ0) is 11.9. The van der Waals surface area contributed by atoms with Gasteiger partial charge in [0.25, 0.3) is 0 Å². The fourth-order valence-electron chi connectivity index (χ4n) is 2.43. The lowest BCUT2D eigenvalue weighted by molar-refractivity contribution is 0.310. The van der Waals surface area contributed by atoms with Gasteiger partial charge in [-0.2, -0.15) is 0 Å². The highest BCUT2D eigenvalue weighted by atomic mass is 15.2. The minimum Gasteiger partial charge on any atom is -0.316 e. The van der Waals surface area contributed by atoms with Gasteiger partial charge in [-0.1, -0.05) is 13.0 Å². The Kier molecular flexibility index (Phi) is 4.95. The van der Waals surface area contributed by atoms with Crippen LogP contribution in [-0.4, -0.2) is 36.1 Å². The van der Waals surface area contributed by atoms with Gasteiger partial charge in [0.1, 0.15) is 0 Å². The first kappa shape index (κ1) is 12.5. The summed E-state index contributed by atoms with van der Waals surface area (Å²) in [4.78, 5) is 6.90. The van der Waals surface area contributed by atoms with Crippen molar-refractivity contribution < 1.29 is 0 Å². The third-order valence-corrected chi connectivity index (χ3v) is 3.34. The van der Waals surface area contributed by atoms with Crippen LogP contribution in [0.3, 0.4) is 0 Å². The van der Waals surface area contributed by atoms with Crippen LogP contribution in [0.2, 0.25) is 0 Å². The highest BCUT2D eigenvalue weighted by Crippen LogP contribution is 2.17. The van der Waals surface area contributed by atoms with Crippen molar-refractivity contribution in [2.45, 2.75) is 26.3 Å². The SMILES string of the molecule is CCCNCC1CCN(Cc2ccccn2)C1. The first-order valence-corrected chi connectivity index (χ1v) is 6.71. The summed E-state index contributed by atoms with van der Waals surface area (Å²) in [5, 5.41) is 3.52. The normalized spacial score (nSPS) is 20.9. The summed E-state index contributed by atoms with van der Waals surface area (Å²) in [6.07, 6.45) is 4.43. The molecule has 1 aromatic rings. The maximum absolute atomic E-state index is 4.39. The van der Waals surface area contributed by atoms with Crippen molar-refractivity contribution in [3.8, 4) is 0 Å². The molecule has 94 valence electrons. The fraction of sp³-hybridized carbons (Fsp3) is 0.643. The molecule has 1 aliphatic heterocycles. The van der Waals surface area contributed by atoms with Crippen LogP contribution in [0.5, 0.6) is 0 Å². The lowest BCUT2D eigenvalue weighted by atomic mass is 10.1. The van der Waals surface area contributed by atoms with Crippen LogP contribution in [0.4, 0.5) is 0 Å². The molecule has 2 rings (SSSR count). The van der Waals surface area contributed by atoms with Crippen LogP contribution in [0.1, 0.15) is 25.5 Å². The van der Waals surface area contributed by atoms with Gasteiger partial charge < -0.3 is 5.32 Å². The molecular weight excluding hydrogens is 210 g/mol. The third kappa shape index (κ3) is 4.10. The van der Waals surface area contributed by atoms with Gasteiger partial charge >= 0.3 is 0 Å². The van der Waals surface area contributed by atoms with E-state index in [9.17, 15) is 0 Å². The van der Waals surface area contributed by atoms with Gasteiger partial charge in [-0.05, 0) is 50.5 Å². The number of pyridine rings is 1. The molecule has 0 saturated carbocycles. The van der Waals surface area contributed by atoms with E-state index >= 15 is 0 Å². The summed E-state index contributed by atoms with van der Waals surface area (Å²) >= 11 is 0. The van der Waals surface area contributed by atoms with E-state index in [2.05, 4.69) is 34.3 Å². The zero-order valence-electron chi connectivity index (χ0n) is 10.7. The van der Waals surface area contributed by atoms with Crippen molar-refractivity contribution in [3.05, 3.63) is 30.1 Å². The number of aromatic nitrogens is 1. The summed E-state index contributed by atoms with van der Waals surface area (Å²) in [5.41, 5.74) is 1.19. The molecule has 1 N–H and O–H groups in total. The number of nitrogens with zero attached hydrogens (tertiary/aromatic N) is 2. The number of nitrogens with one attached hydrogen (secondary N) is 1. The van der Waals surface area contributed by atoms with Gasteiger partial charge in [0.2, 0.25) is 0 Å². The van der Waals surface area contributed by atoms with Gasteiger partial charge in [0, 0.05) is 19.3 Å². The highest BCUT2D eigenvalue weighted by molar-refractivity contribution is 5.03. The molecule has 1 unspecified atom stereocenters. The van der Waals surface area contributed by atoms with E-state index in [1.165, 1.54) is 38.2 Å². The molecule has 1 aliphatic rings. The average molecular weight is 233 g/mol. The lowest BCUT2D eigenvalue weighted by Crippen LogP contribution is -2.26. The predicted molar refractivity (Wildman–Crippen MR) is 70.8 cm³/mol. The Hall–Kier alpha value is -0.930. The molecule has 0 aliphatic carbocycles. The number of likely N-dealkylation sites (tertiary alicyclic amines) is 1. The minimum absolute atomic E-state index is 0.824. The zero-order valence-corrected chi connectivity index (χ0v) is 10.7. The van der Waals surface area contributed by atoms with Gasteiger partial charge in [0.05, 0.1) is 5.69 Å². The van der Waals surface area contributed by atoms with Crippen LogP contribution >= 0.6 is 0 Å². The van der Waals surface area contributed by atoms with Crippen LogP contribution in [0.25, 0.3) is 0 Å². The molecular formula is C14H23N3. The molecule has 0 bridgehead atoms. The molecule has 0 amide bonds. The van der Waals surface area contributed by atoms with Crippen LogP contribution in [0.15, 0.2) is 24.4 Å². The Morgan fingerprint density at radius 2 is 2.41 bits per heavy atom. The van der Waals surface area contributed by atoms with Crippen molar-refractivity contribution in [2.24, 2.45) is 5.92 Å². The first-order valence-electron chi connectivity index (χ1n) is 6.71. The van der Waals surface area contributed by atoms with E-state index in [0.29, 0.717) is 0 Å². The Balaban J connectivity index is 1.71. The predicted octanol–water partition coefficient (Wildman–Crippen LogP) is 1.90. The molecule has 0 radical (unpaired) electrons. The van der Waals surface area contributed by atoms with E-state index in [1.807, 2.05) is 12.3 Å². The molecule has 1 aromatic heterocycles. The maximum atomic E-state index is 4.39. The quantitative estimate of drug-likeness (QED) is 0.761. The molecule has 1 fully saturated rings. The topological polar surface area (TPSA) is 28.2 Å². The second kappa shape index (κ2) is 6.72. The van der Waals surface area contributed by atoms with Crippen molar-refractivity contribution in [1.82, 2.24) is 15.2 Å². The molecule has 0 spiro atoms. The summed E-state index contributed by atoms with van der Waals surface area (Å²) in [5.74, 6) is 0.824. The summed E-state index contributed by atoms with van der Waals surface area (Å²) in [7, 11) is 0. The Labute approximate surface area is 104 Å². The largest absolute Gasteiger partial charge is 0.316 e. The van der Waals surface area contributed by atoms with Crippen molar-refractivity contribution in [3.63, 3.8) is 0 Å². The van der Waals surface area contributed by atoms with Gasteiger partial charge in [0.15, 0.2) is 0 Å². The standard InChI is InChI=1S/C14H23N3/c1-2-7-15-10-13-6-9-17(11-13)12-14-5-3-4-8-16-14/h3-5,8,13,15H,2,6-7,9-12H2,1H3. The Morgan fingerprint density at radius 3 is 3.18 bits per heavy atom. The second-order valence-corrected chi connectivity index (χ2v) is 4.92. The summed E-state index contributed by atoms with van der Waals surface area (Å²) in [6, 6.07) is 6.16. The number of hydrogen-bond donors (Lipinski definition) is 1. The molecule has 2 heterocycles.